The molecule has 9 nitrogen and oxygen atoms in total. The molecule has 2 aromatic heterocycles. The Balaban J connectivity index is 1.43. The zero-order chi connectivity index (χ0) is 25.2. The monoisotopic (exact) mass is 474 g/mol. The molecule has 0 saturated heterocycles. The number of aromatic nitrogens is 2. The van der Waals surface area contributed by atoms with Crippen molar-refractivity contribution in [2.45, 2.75) is 26.0 Å². The van der Waals surface area contributed by atoms with Crippen molar-refractivity contribution in [1.29, 1.82) is 0 Å². The van der Waals surface area contributed by atoms with Crippen LogP contribution in [0.3, 0.4) is 0 Å². The lowest BCUT2D eigenvalue weighted by molar-refractivity contribution is -0.115. The summed E-state index contributed by atoms with van der Waals surface area (Å²) in [6, 6.07) is 14.7. The van der Waals surface area contributed by atoms with Crippen LogP contribution in [-0.2, 0) is 17.8 Å². The third kappa shape index (κ3) is 7.80. The van der Waals surface area contributed by atoms with Crippen LogP contribution in [0.5, 0.6) is 0 Å². The van der Waals surface area contributed by atoms with Gasteiger partial charge in [0.1, 0.15) is 5.69 Å². The van der Waals surface area contributed by atoms with Gasteiger partial charge < -0.3 is 21.1 Å². The van der Waals surface area contributed by atoms with Gasteiger partial charge >= 0.3 is 0 Å². The Morgan fingerprint density at radius 2 is 1.89 bits per heavy atom. The van der Waals surface area contributed by atoms with Crippen LogP contribution in [0.25, 0.3) is 0 Å². The number of amides is 2. The zero-order valence-corrected chi connectivity index (χ0v) is 19.9. The second kappa shape index (κ2) is 12.5. The Hall–Kier alpha value is -3.95. The van der Waals surface area contributed by atoms with Gasteiger partial charge in [0.15, 0.2) is 5.84 Å². The smallest absolute Gasteiger partial charge is 0.253 e. The van der Waals surface area contributed by atoms with E-state index < -0.39 is 12.0 Å². The molecule has 35 heavy (non-hydrogen) atoms. The average Bonchev–Trinajstić information content (AvgIpc) is 2.86. The Morgan fingerprint density at radius 3 is 2.51 bits per heavy atom. The number of nitrogens with one attached hydrogen (secondary N) is 1. The average molecular weight is 475 g/mol. The topological polar surface area (TPSA) is 134 Å². The van der Waals surface area contributed by atoms with E-state index in [4.69, 9.17) is 5.73 Å². The molecule has 1 atom stereocenters. The minimum atomic E-state index is -0.738. The molecule has 0 radical (unpaired) electrons. The molecular formula is C26H30N6O3. The molecule has 9 heteroatoms. The van der Waals surface area contributed by atoms with Gasteiger partial charge in [-0.3, -0.25) is 19.6 Å². The lowest BCUT2D eigenvalue weighted by atomic mass is 10.1. The Labute approximate surface area is 204 Å². The fourth-order valence-corrected chi connectivity index (χ4v) is 3.44. The van der Waals surface area contributed by atoms with Crippen LogP contribution in [0.2, 0.25) is 0 Å². The number of carbonyl (C=O) groups is 2. The maximum absolute atomic E-state index is 12.7. The number of hydrogen-bond donors (Lipinski definition) is 3. The van der Waals surface area contributed by atoms with Crippen molar-refractivity contribution in [3.05, 3.63) is 95.1 Å². The van der Waals surface area contributed by atoms with E-state index >= 15 is 0 Å². The number of aliphatic hydroxyl groups is 1. The summed E-state index contributed by atoms with van der Waals surface area (Å²) in [6.07, 6.45) is 4.99. The van der Waals surface area contributed by atoms with Crippen molar-refractivity contribution in [3.63, 3.8) is 0 Å². The standard InChI is InChI=1S/C26H30N6O3/c1-18(33)31-25(27)23-10-9-22(15-30-23)24(34)16-29-13-11-19-5-7-21(8-6-19)26(35)32(2)17-20-4-3-12-28-14-20/h3-10,12,14-15,24,29,34H,11,13,16-17H2,1-2H3,(H2,27,31,33). The minimum Gasteiger partial charge on any atom is -0.387 e. The molecule has 1 aromatic carbocycles. The van der Waals surface area contributed by atoms with Crippen molar-refractivity contribution in [2.24, 2.45) is 10.7 Å². The number of nitrogens with two attached hydrogens (primary N) is 1. The number of pyridine rings is 2. The van der Waals surface area contributed by atoms with Gasteiger partial charge in [-0.2, -0.15) is 4.99 Å². The molecule has 0 spiro atoms. The van der Waals surface area contributed by atoms with E-state index in [0.717, 1.165) is 17.5 Å². The van der Waals surface area contributed by atoms with Crippen LogP contribution in [-0.4, -0.2) is 57.8 Å². The van der Waals surface area contributed by atoms with Crippen molar-refractivity contribution >= 4 is 17.6 Å². The summed E-state index contributed by atoms with van der Waals surface area (Å²) in [5, 5.41) is 13.6. The summed E-state index contributed by atoms with van der Waals surface area (Å²) in [5.41, 5.74) is 9.43. The van der Waals surface area contributed by atoms with Gasteiger partial charge in [0.2, 0.25) is 5.91 Å². The van der Waals surface area contributed by atoms with Gasteiger partial charge in [0, 0.05) is 56.8 Å². The van der Waals surface area contributed by atoms with E-state index in [2.05, 4.69) is 20.3 Å². The van der Waals surface area contributed by atoms with Gasteiger partial charge in [-0.1, -0.05) is 24.3 Å². The van der Waals surface area contributed by atoms with Crippen molar-refractivity contribution in [3.8, 4) is 0 Å². The Morgan fingerprint density at radius 1 is 1.11 bits per heavy atom. The predicted molar refractivity (Wildman–Crippen MR) is 134 cm³/mol. The van der Waals surface area contributed by atoms with Gasteiger partial charge in [0.05, 0.1) is 6.10 Å². The predicted octanol–water partition coefficient (Wildman–Crippen LogP) is 1.87. The third-order valence-corrected chi connectivity index (χ3v) is 5.33. The molecule has 0 bridgehead atoms. The highest BCUT2D eigenvalue weighted by molar-refractivity contribution is 6.02. The molecule has 3 rings (SSSR count). The van der Waals surface area contributed by atoms with Crippen LogP contribution >= 0.6 is 0 Å². The molecule has 2 amide bonds. The van der Waals surface area contributed by atoms with Gasteiger partial charge in [-0.05, 0) is 48.4 Å². The van der Waals surface area contributed by atoms with Gasteiger partial charge in [0.25, 0.3) is 5.91 Å². The van der Waals surface area contributed by atoms with Crippen LogP contribution in [0.4, 0.5) is 0 Å². The van der Waals surface area contributed by atoms with Crippen LogP contribution < -0.4 is 11.1 Å². The van der Waals surface area contributed by atoms with E-state index in [1.54, 1.807) is 36.5 Å². The maximum atomic E-state index is 12.7. The molecule has 0 aliphatic carbocycles. The number of hydrogen-bond acceptors (Lipinski definition) is 6. The highest BCUT2D eigenvalue weighted by Crippen LogP contribution is 2.12. The molecule has 182 valence electrons. The summed E-state index contributed by atoms with van der Waals surface area (Å²) < 4.78 is 0. The number of amidine groups is 1. The lowest BCUT2D eigenvalue weighted by Crippen LogP contribution is -2.26. The largest absolute Gasteiger partial charge is 0.387 e. The highest BCUT2D eigenvalue weighted by atomic mass is 16.3. The zero-order valence-electron chi connectivity index (χ0n) is 19.9. The van der Waals surface area contributed by atoms with Crippen LogP contribution in [0.1, 0.15) is 45.8 Å². The van der Waals surface area contributed by atoms with E-state index in [-0.39, 0.29) is 11.7 Å². The first-order chi connectivity index (χ1) is 16.8. The minimum absolute atomic E-state index is 0.0457. The summed E-state index contributed by atoms with van der Waals surface area (Å²) in [6.45, 7) is 2.83. The first-order valence-electron chi connectivity index (χ1n) is 11.3. The van der Waals surface area contributed by atoms with Gasteiger partial charge in [-0.15, -0.1) is 0 Å². The second-order valence-electron chi connectivity index (χ2n) is 8.18. The SMILES string of the molecule is CC(=O)N=C(N)c1ccc(C(O)CNCCc2ccc(C(=O)N(C)Cc3cccnc3)cc2)cn1. The number of aliphatic imine (C=N–C) groups is 1. The molecular weight excluding hydrogens is 444 g/mol. The van der Waals surface area contributed by atoms with E-state index in [0.29, 0.717) is 36.5 Å². The van der Waals surface area contributed by atoms with E-state index in [1.165, 1.54) is 13.1 Å². The molecule has 0 aliphatic rings. The number of rotatable bonds is 10. The Kier molecular flexibility index (Phi) is 9.16. The highest BCUT2D eigenvalue weighted by Gasteiger charge is 2.12. The number of nitrogens with zero attached hydrogens (tertiary/aromatic N) is 4. The first kappa shape index (κ1) is 25.7. The molecule has 0 saturated carbocycles. The van der Waals surface area contributed by atoms with Crippen LogP contribution in [0, 0.1) is 0 Å². The lowest BCUT2D eigenvalue weighted by Gasteiger charge is -2.17. The quantitative estimate of drug-likeness (QED) is 0.232. The summed E-state index contributed by atoms with van der Waals surface area (Å²) >= 11 is 0. The number of carbonyl (C=O) groups excluding carboxylic acids is 2. The fraction of sp³-hybridized carbons (Fsp3) is 0.269. The molecule has 3 aromatic rings. The van der Waals surface area contributed by atoms with Crippen LogP contribution in [0.15, 0.2) is 72.1 Å². The Bertz CT molecular complexity index is 1150. The van der Waals surface area contributed by atoms with Gasteiger partial charge in [-0.25, -0.2) is 0 Å². The molecule has 4 N–H and O–H groups in total. The fourth-order valence-electron chi connectivity index (χ4n) is 3.44. The maximum Gasteiger partial charge on any atom is 0.253 e. The summed E-state index contributed by atoms with van der Waals surface area (Å²) in [5.74, 6) is -0.396. The molecule has 1 unspecified atom stereocenters. The van der Waals surface area contributed by atoms with E-state index in [9.17, 15) is 14.7 Å². The van der Waals surface area contributed by atoms with Crippen molar-refractivity contribution in [2.75, 3.05) is 20.1 Å². The molecule has 2 heterocycles. The second-order valence-corrected chi connectivity index (χ2v) is 8.18. The third-order valence-electron chi connectivity index (χ3n) is 5.33. The van der Waals surface area contributed by atoms with Crippen molar-refractivity contribution in [1.82, 2.24) is 20.2 Å². The molecule has 0 fully saturated rings. The van der Waals surface area contributed by atoms with E-state index in [1.807, 2.05) is 36.4 Å². The molecule has 0 aliphatic heterocycles. The first-order valence-corrected chi connectivity index (χ1v) is 11.3. The summed E-state index contributed by atoms with van der Waals surface area (Å²) in [4.78, 5) is 37.2. The number of aliphatic hydroxyl groups excluding tert-OH is 1. The normalized spacial score (nSPS) is 12.3. The number of benzene rings is 1. The summed E-state index contributed by atoms with van der Waals surface area (Å²) in [7, 11) is 1.77. The van der Waals surface area contributed by atoms with Crippen molar-refractivity contribution < 1.29 is 14.7 Å².